The second-order valence-corrected chi connectivity index (χ2v) is 8.49. The Kier molecular flexibility index (Phi) is 4.06. The molecular formula is C23H24N2O5. The van der Waals surface area contributed by atoms with Gasteiger partial charge < -0.3 is 9.47 Å². The van der Waals surface area contributed by atoms with Gasteiger partial charge in [0.2, 0.25) is 0 Å². The van der Waals surface area contributed by atoms with Crippen LogP contribution in [0.4, 0.5) is 5.69 Å². The molecular weight excluding hydrogens is 384 g/mol. The van der Waals surface area contributed by atoms with E-state index in [4.69, 9.17) is 14.5 Å². The second kappa shape index (κ2) is 6.35. The lowest BCUT2D eigenvalue weighted by atomic mass is 9.43. The van der Waals surface area contributed by atoms with Gasteiger partial charge in [0.05, 0.1) is 24.3 Å². The van der Waals surface area contributed by atoms with E-state index in [1.165, 1.54) is 14.0 Å². The standard InChI is InChI=1S/C23H24N2O5/c1-4-14-12-25-10-9-22-15-7-5-6-8-17(15)24-19(22)18(25)11-16(14)23(22,20(27)29-3)21(28)30-13(2)26/h4-8,16,18H,9-12H2,1-3H3/b14-4-/t16-,18+,22-,23?/m1/s1. The van der Waals surface area contributed by atoms with Crippen LogP contribution in [0.2, 0.25) is 0 Å². The van der Waals surface area contributed by atoms with Crippen LogP contribution < -0.4 is 0 Å². The molecule has 3 bridgehead atoms. The van der Waals surface area contributed by atoms with Crippen LogP contribution in [0.5, 0.6) is 0 Å². The zero-order valence-corrected chi connectivity index (χ0v) is 17.3. The van der Waals surface area contributed by atoms with Gasteiger partial charge >= 0.3 is 17.9 Å². The third-order valence-electron chi connectivity index (χ3n) is 7.50. The van der Waals surface area contributed by atoms with Crippen molar-refractivity contribution in [1.29, 1.82) is 0 Å². The fourth-order valence-corrected chi connectivity index (χ4v) is 6.47. The fourth-order valence-electron chi connectivity index (χ4n) is 6.47. The highest BCUT2D eigenvalue weighted by Gasteiger charge is 2.77. The summed E-state index contributed by atoms with van der Waals surface area (Å²) in [5, 5.41) is 0. The van der Waals surface area contributed by atoms with Gasteiger partial charge in [-0.25, -0.2) is 0 Å². The lowest BCUT2D eigenvalue weighted by molar-refractivity contribution is -0.187. The predicted molar refractivity (Wildman–Crippen MR) is 108 cm³/mol. The molecule has 156 valence electrons. The molecule has 30 heavy (non-hydrogen) atoms. The molecule has 7 nitrogen and oxygen atoms in total. The fraction of sp³-hybridized carbons (Fsp3) is 0.478. The van der Waals surface area contributed by atoms with E-state index in [1.807, 2.05) is 37.3 Å². The zero-order chi connectivity index (χ0) is 21.3. The molecule has 3 heterocycles. The number of carbonyl (C=O) groups is 3. The van der Waals surface area contributed by atoms with Crippen molar-refractivity contribution < 1.29 is 23.9 Å². The first-order valence-electron chi connectivity index (χ1n) is 10.3. The Morgan fingerprint density at radius 1 is 1.23 bits per heavy atom. The quantitative estimate of drug-likeness (QED) is 0.424. The highest BCUT2D eigenvalue weighted by molar-refractivity contribution is 6.18. The number of hydrogen-bond acceptors (Lipinski definition) is 7. The van der Waals surface area contributed by atoms with Crippen LogP contribution in [0, 0.1) is 11.3 Å². The maximum Gasteiger partial charge on any atom is 0.333 e. The van der Waals surface area contributed by atoms with E-state index in [-0.39, 0.29) is 6.04 Å². The molecule has 1 saturated carbocycles. The van der Waals surface area contributed by atoms with Crippen molar-refractivity contribution in [2.45, 2.75) is 38.1 Å². The molecule has 1 aliphatic carbocycles. The normalized spacial score (nSPS) is 34.8. The van der Waals surface area contributed by atoms with Crippen LogP contribution in [-0.2, 0) is 29.3 Å². The third kappa shape index (κ3) is 2.03. The topological polar surface area (TPSA) is 85.3 Å². The molecule has 1 aromatic rings. The third-order valence-corrected chi connectivity index (χ3v) is 7.50. The minimum Gasteiger partial charge on any atom is -0.468 e. The summed E-state index contributed by atoms with van der Waals surface area (Å²) in [7, 11) is 1.29. The highest BCUT2D eigenvalue weighted by atomic mass is 16.6. The van der Waals surface area contributed by atoms with E-state index >= 15 is 0 Å². The summed E-state index contributed by atoms with van der Waals surface area (Å²) in [6, 6.07) is 7.70. The summed E-state index contributed by atoms with van der Waals surface area (Å²) in [6.45, 7) is 4.48. The van der Waals surface area contributed by atoms with Gasteiger partial charge in [0.25, 0.3) is 0 Å². The van der Waals surface area contributed by atoms with Crippen molar-refractivity contribution in [3.63, 3.8) is 0 Å². The number of hydrogen-bond donors (Lipinski definition) is 0. The average Bonchev–Trinajstić information content (AvgIpc) is 3.09. The number of nitrogens with zero attached hydrogens (tertiary/aromatic N) is 2. The van der Waals surface area contributed by atoms with Crippen LogP contribution in [0.15, 0.2) is 40.9 Å². The van der Waals surface area contributed by atoms with Gasteiger partial charge in [-0.1, -0.05) is 29.8 Å². The SMILES string of the molecule is C/C=C1/CN2CC[C@]34C(=Nc5ccccc53)[C@@H]2C[C@H]1C4(C(=O)OC)C(=O)OC(C)=O. The number of carbonyl (C=O) groups excluding carboxylic acids is 3. The average molecular weight is 408 g/mol. The first-order chi connectivity index (χ1) is 14.4. The molecule has 3 aliphatic heterocycles. The predicted octanol–water partition coefficient (Wildman–Crippen LogP) is 2.31. The molecule has 5 rings (SSSR count). The van der Waals surface area contributed by atoms with Gasteiger partial charge in [-0.3, -0.25) is 24.3 Å². The minimum atomic E-state index is -1.69. The molecule has 3 fully saturated rings. The molecule has 4 aliphatic rings. The summed E-state index contributed by atoms with van der Waals surface area (Å²) in [4.78, 5) is 46.7. The van der Waals surface area contributed by atoms with Crippen molar-refractivity contribution in [1.82, 2.24) is 4.90 Å². The summed E-state index contributed by atoms with van der Waals surface area (Å²) in [5.41, 5.74) is 0.767. The molecule has 7 heteroatoms. The first-order valence-corrected chi connectivity index (χ1v) is 10.3. The van der Waals surface area contributed by atoms with Gasteiger partial charge in [0, 0.05) is 31.6 Å². The van der Waals surface area contributed by atoms with Gasteiger partial charge in [0.15, 0.2) is 5.41 Å². The van der Waals surface area contributed by atoms with Crippen molar-refractivity contribution in [3.8, 4) is 0 Å². The zero-order valence-electron chi connectivity index (χ0n) is 17.3. The Labute approximate surface area is 174 Å². The first kappa shape index (κ1) is 19.2. The lowest BCUT2D eigenvalue weighted by Gasteiger charge is -2.63. The Morgan fingerprint density at radius 2 is 2.00 bits per heavy atom. The van der Waals surface area contributed by atoms with E-state index in [0.29, 0.717) is 25.9 Å². The summed E-state index contributed by atoms with van der Waals surface area (Å²) >= 11 is 0. The molecule has 2 saturated heterocycles. The minimum absolute atomic E-state index is 0.0442. The van der Waals surface area contributed by atoms with Crippen LogP contribution in [-0.4, -0.2) is 54.8 Å². The summed E-state index contributed by atoms with van der Waals surface area (Å²) in [5.74, 6) is -2.64. The van der Waals surface area contributed by atoms with E-state index in [1.54, 1.807) is 0 Å². The number of methoxy groups -OCH3 is 1. The number of aliphatic imine (C=N–C) groups is 1. The van der Waals surface area contributed by atoms with Crippen LogP contribution in [0.25, 0.3) is 0 Å². The number of fused-ring (bicyclic) bond motifs is 2. The Bertz CT molecular complexity index is 1040. The molecule has 0 N–H and O–H groups in total. The van der Waals surface area contributed by atoms with Gasteiger partial charge in [-0.15, -0.1) is 0 Å². The number of rotatable bonds is 2. The number of esters is 3. The molecule has 1 unspecified atom stereocenters. The maximum atomic E-state index is 13.8. The van der Waals surface area contributed by atoms with Crippen molar-refractivity contribution in [3.05, 3.63) is 41.5 Å². The Balaban J connectivity index is 1.88. The number of piperidine rings is 2. The maximum absolute atomic E-state index is 13.8. The lowest BCUT2D eigenvalue weighted by Crippen LogP contribution is -2.76. The van der Waals surface area contributed by atoms with Gasteiger partial charge in [0.1, 0.15) is 0 Å². The Morgan fingerprint density at radius 3 is 2.70 bits per heavy atom. The van der Waals surface area contributed by atoms with Gasteiger partial charge in [-0.05, 0) is 31.4 Å². The van der Waals surface area contributed by atoms with E-state index in [2.05, 4.69) is 4.90 Å². The largest absolute Gasteiger partial charge is 0.468 e. The highest BCUT2D eigenvalue weighted by Crippen LogP contribution is 2.66. The smallest absolute Gasteiger partial charge is 0.333 e. The van der Waals surface area contributed by atoms with E-state index < -0.39 is 34.7 Å². The number of allylic oxidation sites excluding steroid dienone is 1. The number of para-hydroxylation sites is 1. The second-order valence-electron chi connectivity index (χ2n) is 8.49. The molecule has 0 aromatic heterocycles. The number of benzene rings is 1. The van der Waals surface area contributed by atoms with Crippen molar-refractivity contribution >= 4 is 29.3 Å². The van der Waals surface area contributed by atoms with Gasteiger partial charge in [-0.2, -0.15) is 0 Å². The van der Waals surface area contributed by atoms with E-state index in [0.717, 1.165) is 22.5 Å². The molecule has 4 atom stereocenters. The van der Waals surface area contributed by atoms with Crippen LogP contribution in [0.1, 0.15) is 32.3 Å². The Hall–Kier alpha value is -2.80. The van der Waals surface area contributed by atoms with Crippen molar-refractivity contribution in [2.75, 3.05) is 20.2 Å². The monoisotopic (exact) mass is 408 g/mol. The number of ether oxygens (including phenoxy) is 2. The van der Waals surface area contributed by atoms with Crippen LogP contribution >= 0.6 is 0 Å². The summed E-state index contributed by atoms with van der Waals surface area (Å²) in [6.07, 6.45) is 3.08. The molecule has 0 spiro atoms. The van der Waals surface area contributed by atoms with E-state index in [9.17, 15) is 14.4 Å². The molecule has 0 amide bonds. The molecule has 1 aromatic carbocycles. The molecule has 0 radical (unpaired) electrons. The summed E-state index contributed by atoms with van der Waals surface area (Å²) < 4.78 is 10.5. The van der Waals surface area contributed by atoms with Crippen LogP contribution in [0.3, 0.4) is 0 Å². The van der Waals surface area contributed by atoms with Crippen molar-refractivity contribution in [2.24, 2.45) is 16.3 Å².